The molecule has 32 heavy (non-hydrogen) atoms. The van der Waals surface area contributed by atoms with Crippen LogP contribution in [0.2, 0.25) is 0 Å². The van der Waals surface area contributed by atoms with Crippen LogP contribution in [0.5, 0.6) is 0 Å². The number of hydrogen-bond donors (Lipinski definition) is 2. The molecule has 0 heterocycles. The third kappa shape index (κ3) is 9.34. The predicted molar refractivity (Wildman–Crippen MR) is 132 cm³/mol. The molecular formula is C28H46O4. The highest BCUT2D eigenvalue weighted by molar-refractivity contribution is 5.73. The Bertz CT molecular complexity index is 683. The number of benzene rings is 1. The smallest absolute Gasteiger partial charge is 0.309 e. The lowest BCUT2D eigenvalue weighted by molar-refractivity contribution is -0.148. The summed E-state index contributed by atoms with van der Waals surface area (Å²) in [6.07, 6.45) is 12.4. The molecule has 0 spiro atoms. The molecule has 0 saturated heterocycles. The summed E-state index contributed by atoms with van der Waals surface area (Å²) in [7, 11) is 0. The van der Waals surface area contributed by atoms with Crippen molar-refractivity contribution >= 4 is 11.9 Å². The normalized spacial score (nSPS) is 12.2. The zero-order valence-corrected chi connectivity index (χ0v) is 21.4. The molecule has 1 aromatic rings. The standard InChI is InChI=1S/C28H46O4/c1-21-17-18-22(2)24(16-12-8-10-14-20-28(5,6)26(31)32)23(21)15-11-7-9-13-19-27(3,4)25(29)30/h17-18H,7-16,19-20H2,1-6H3,(H,29,30)(H,31,32). The van der Waals surface area contributed by atoms with Gasteiger partial charge in [0, 0.05) is 0 Å². The Hall–Kier alpha value is -1.84. The molecular weight excluding hydrogens is 400 g/mol. The summed E-state index contributed by atoms with van der Waals surface area (Å²) in [5.74, 6) is -1.41. The van der Waals surface area contributed by atoms with Gasteiger partial charge in [-0.15, -0.1) is 0 Å². The van der Waals surface area contributed by atoms with Gasteiger partial charge in [0.2, 0.25) is 0 Å². The van der Waals surface area contributed by atoms with Crippen molar-refractivity contribution in [3.63, 3.8) is 0 Å². The number of unbranched alkanes of at least 4 members (excludes halogenated alkanes) is 6. The maximum absolute atomic E-state index is 11.2. The van der Waals surface area contributed by atoms with E-state index in [-0.39, 0.29) is 0 Å². The highest BCUT2D eigenvalue weighted by atomic mass is 16.4. The molecule has 0 unspecified atom stereocenters. The van der Waals surface area contributed by atoms with Crippen molar-refractivity contribution in [2.75, 3.05) is 0 Å². The molecule has 0 bridgehead atoms. The van der Waals surface area contributed by atoms with Gasteiger partial charge in [0.25, 0.3) is 0 Å². The maximum atomic E-state index is 11.2. The quantitative estimate of drug-likeness (QED) is 0.258. The first kappa shape index (κ1) is 28.2. The van der Waals surface area contributed by atoms with Crippen LogP contribution in [0.25, 0.3) is 0 Å². The molecule has 0 amide bonds. The molecule has 0 radical (unpaired) electrons. The van der Waals surface area contributed by atoms with E-state index in [4.69, 9.17) is 0 Å². The molecule has 0 saturated carbocycles. The average molecular weight is 447 g/mol. The highest BCUT2D eigenvalue weighted by Crippen LogP contribution is 2.27. The molecule has 0 atom stereocenters. The molecule has 0 aliphatic heterocycles. The van der Waals surface area contributed by atoms with Crippen molar-refractivity contribution < 1.29 is 19.8 Å². The molecule has 1 aromatic carbocycles. The largest absolute Gasteiger partial charge is 0.481 e. The fourth-order valence-electron chi connectivity index (χ4n) is 4.28. The lowest BCUT2D eigenvalue weighted by Gasteiger charge is -2.19. The van der Waals surface area contributed by atoms with E-state index in [0.29, 0.717) is 0 Å². The number of aliphatic carboxylic acids is 2. The minimum absolute atomic E-state index is 0.621. The number of carboxylic acid groups (broad SMARTS) is 2. The van der Waals surface area contributed by atoms with Crippen molar-refractivity contribution in [3.8, 4) is 0 Å². The average Bonchev–Trinajstić information content (AvgIpc) is 2.70. The summed E-state index contributed by atoms with van der Waals surface area (Å²) < 4.78 is 0. The van der Waals surface area contributed by atoms with Crippen molar-refractivity contribution in [2.45, 2.75) is 119 Å². The van der Waals surface area contributed by atoms with Gasteiger partial charge in [-0.05, 0) is 102 Å². The molecule has 0 aliphatic carbocycles. The van der Waals surface area contributed by atoms with E-state index in [1.165, 1.54) is 22.3 Å². The van der Waals surface area contributed by atoms with Gasteiger partial charge in [-0.25, -0.2) is 0 Å². The zero-order chi connectivity index (χ0) is 24.4. The van der Waals surface area contributed by atoms with Crippen molar-refractivity contribution in [1.29, 1.82) is 0 Å². The van der Waals surface area contributed by atoms with E-state index < -0.39 is 22.8 Å². The summed E-state index contributed by atoms with van der Waals surface area (Å²) >= 11 is 0. The van der Waals surface area contributed by atoms with Crippen molar-refractivity contribution in [3.05, 3.63) is 34.4 Å². The molecule has 1 rings (SSSR count). The Balaban J connectivity index is 2.46. The molecule has 4 heteroatoms. The summed E-state index contributed by atoms with van der Waals surface area (Å²) in [5.41, 5.74) is 4.51. The van der Waals surface area contributed by atoms with Crippen LogP contribution >= 0.6 is 0 Å². The lowest BCUT2D eigenvalue weighted by Crippen LogP contribution is -2.23. The second-order valence-electron chi connectivity index (χ2n) is 10.9. The van der Waals surface area contributed by atoms with Gasteiger partial charge in [0.15, 0.2) is 0 Å². The topological polar surface area (TPSA) is 74.6 Å². The minimum Gasteiger partial charge on any atom is -0.481 e. The molecule has 0 aliphatic rings. The second-order valence-corrected chi connectivity index (χ2v) is 10.9. The lowest BCUT2D eigenvalue weighted by atomic mass is 9.86. The van der Waals surface area contributed by atoms with Crippen LogP contribution < -0.4 is 0 Å². The molecule has 182 valence electrons. The first-order chi connectivity index (χ1) is 14.9. The van der Waals surface area contributed by atoms with Crippen LogP contribution in [0.3, 0.4) is 0 Å². The van der Waals surface area contributed by atoms with Gasteiger partial charge >= 0.3 is 11.9 Å². The van der Waals surface area contributed by atoms with E-state index in [0.717, 1.165) is 77.0 Å². The first-order valence-electron chi connectivity index (χ1n) is 12.4. The third-order valence-electron chi connectivity index (χ3n) is 7.01. The number of carbonyl (C=O) groups is 2. The van der Waals surface area contributed by atoms with Gasteiger partial charge < -0.3 is 10.2 Å². The highest BCUT2D eigenvalue weighted by Gasteiger charge is 2.26. The van der Waals surface area contributed by atoms with E-state index in [1.54, 1.807) is 0 Å². The fraction of sp³-hybridized carbons (Fsp3) is 0.714. The van der Waals surface area contributed by atoms with Gasteiger partial charge in [-0.1, -0.05) is 50.7 Å². The molecule has 0 aromatic heterocycles. The third-order valence-corrected chi connectivity index (χ3v) is 7.01. The molecule has 2 N–H and O–H groups in total. The maximum Gasteiger partial charge on any atom is 0.309 e. The number of aryl methyl sites for hydroxylation is 2. The Morgan fingerprint density at radius 1 is 0.625 bits per heavy atom. The zero-order valence-electron chi connectivity index (χ0n) is 21.4. The number of rotatable bonds is 16. The second kappa shape index (κ2) is 13.0. The summed E-state index contributed by atoms with van der Waals surface area (Å²) in [6.45, 7) is 11.7. The Kier molecular flexibility index (Phi) is 11.5. The van der Waals surface area contributed by atoms with E-state index in [2.05, 4.69) is 26.0 Å². The van der Waals surface area contributed by atoms with Crippen LogP contribution in [0.1, 0.15) is 114 Å². The monoisotopic (exact) mass is 446 g/mol. The van der Waals surface area contributed by atoms with Crippen LogP contribution in [0.15, 0.2) is 12.1 Å². The van der Waals surface area contributed by atoms with Crippen molar-refractivity contribution in [1.82, 2.24) is 0 Å². The molecule has 4 nitrogen and oxygen atoms in total. The Morgan fingerprint density at radius 2 is 0.938 bits per heavy atom. The summed E-state index contributed by atoms with van der Waals surface area (Å²) in [5, 5.41) is 18.5. The van der Waals surface area contributed by atoms with E-state index in [9.17, 15) is 19.8 Å². The minimum atomic E-state index is -0.705. The van der Waals surface area contributed by atoms with E-state index >= 15 is 0 Å². The van der Waals surface area contributed by atoms with Gasteiger partial charge in [0.1, 0.15) is 0 Å². The van der Waals surface area contributed by atoms with Gasteiger partial charge in [-0.2, -0.15) is 0 Å². The van der Waals surface area contributed by atoms with Crippen LogP contribution in [0, 0.1) is 24.7 Å². The van der Waals surface area contributed by atoms with Crippen LogP contribution in [0.4, 0.5) is 0 Å². The van der Waals surface area contributed by atoms with Crippen LogP contribution in [-0.2, 0) is 22.4 Å². The first-order valence-corrected chi connectivity index (χ1v) is 12.4. The summed E-state index contributed by atoms with van der Waals surface area (Å²) in [4.78, 5) is 22.4. The van der Waals surface area contributed by atoms with Gasteiger partial charge in [0.05, 0.1) is 10.8 Å². The molecule has 0 fully saturated rings. The Morgan fingerprint density at radius 3 is 1.25 bits per heavy atom. The number of carboxylic acids is 2. The Labute approximate surface area is 195 Å². The number of hydrogen-bond acceptors (Lipinski definition) is 2. The SMILES string of the molecule is Cc1ccc(C)c(CCCCCCC(C)(C)C(=O)O)c1CCCCCCC(C)(C)C(=O)O. The predicted octanol–water partition coefficient (Wildman–Crippen LogP) is 7.51. The van der Waals surface area contributed by atoms with E-state index in [1.807, 2.05) is 27.7 Å². The van der Waals surface area contributed by atoms with Gasteiger partial charge in [-0.3, -0.25) is 9.59 Å². The van der Waals surface area contributed by atoms with Crippen molar-refractivity contribution in [2.24, 2.45) is 10.8 Å². The fourth-order valence-corrected chi connectivity index (χ4v) is 4.28. The summed E-state index contributed by atoms with van der Waals surface area (Å²) in [6, 6.07) is 4.47. The van der Waals surface area contributed by atoms with Crippen LogP contribution in [-0.4, -0.2) is 22.2 Å².